The molecule has 254 valence electrons. The number of nitrogens with zero attached hydrogens (tertiary/aromatic N) is 2. The average Bonchev–Trinajstić information content (AvgIpc) is 3.12. The van der Waals surface area contributed by atoms with Crippen LogP contribution in [0.4, 0.5) is 0 Å². The van der Waals surface area contributed by atoms with E-state index < -0.39 is 0 Å². The predicted molar refractivity (Wildman–Crippen MR) is 190 cm³/mol. The fourth-order valence-electron chi connectivity index (χ4n) is 7.47. The standard InChI is InChI=1S/C40H48N2O6/c1-41-15-13-27-21-37(45-5)39(47-7)23-29(27)33(41)19-25-9-11-35(43-3)31(17-25)32-18-26(10-12-36(32)44-4)20-34-30-24-40(48-8)38(46-6)22-28(30)14-16-42(34)2/h9-12,17-18,21-24,33-34H,13-16,19-20H2,1-8H3/t33-,34-/m1/s1. The molecule has 0 saturated carbocycles. The first kappa shape index (κ1) is 33.5. The summed E-state index contributed by atoms with van der Waals surface area (Å²) in [6.45, 7) is 1.95. The van der Waals surface area contributed by atoms with E-state index in [2.05, 4.69) is 84.6 Å². The van der Waals surface area contributed by atoms with Crippen LogP contribution >= 0.6 is 0 Å². The highest BCUT2D eigenvalue weighted by Gasteiger charge is 2.29. The number of benzene rings is 4. The number of hydrogen-bond donors (Lipinski definition) is 0. The lowest BCUT2D eigenvalue weighted by Crippen LogP contribution is -2.33. The van der Waals surface area contributed by atoms with Crippen molar-refractivity contribution in [1.82, 2.24) is 9.80 Å². The topological polar surface area (TPSA) is 61.9 Å². The third kappa shape index (κ3) is 6.39. The molecule has 0 spiro atoms. The Morgan fingerprint density at radius 3 is 1.19 bits per heavy atom. The molecule has 0 radical (unpaired) electrons. The first-order valence-electron chi connectivity index (χ1n) is 16.6. The van der Waals surface area contributed by atoms with Crippen molar-refractivity contribution in [3.05, 3.63) is 94.0 Å². The van der Waals surface area contributed by atoms with Gasteiger partial charge in [-0.2, -0.15) is 0 Å². The minimum absolute atomic E-state index is 0.195. The molecule has 2 heterocycles. The number of hydrogen-bond acceptors (Lipinski definition) is 8. The van der Waals surface area contributed by atoms with E-state index in [1.807, 2.05) is 0 Å². The zero-order chi connectivity index (χ0) is 33.9. The van der Waals surface area contributed by atoms with E-state index in [1.165, 1.54) is 33.4 Å². The van der Waals surface area contributed by atoms with Crippen molar-refractivity contribution < 1.29 is 28.4 Å². The Morgan fingerprint density at radius 2 is 0.833 bits per heavy atom. The van der Waals surface area contributed by atoms with Gasteiger partial charge >= 0.3 is 0 Å². The minimum atomic E-state index is 0.195. The lowest BCUT2D eigenvalue weighted by Gasteiger charge is -2.35. The van der Waals surface area contributed by atoms with Crippen molar-refractivity contribution in [3.63, 3.8) is 0 Å². The molecule has 0 bridgehead atoms. The average molecular weight is 653 g/mol. The third-order valence-corrected chi connectivity index (χ3v) is 10.2. The molecule has 0 amide bonds. The monoisotopic (exact) mass is 652 g/mol. The van der Waals surface area contributed by atoms with Crippen LogP contribution in [0.25, 0.3) is 11.1 Å². The van der Waals surface area contributed by atoms with Gasteiger partial charge in [0.25, 0.3) is 0 Å². The molecule has 6 rings (SSSR count). The van der Waals surface area contributed by atoms with E-state index in [9.17, 15) is 0 Å². The normalized spacial score (nSPS) is 17.7. The van der Waals surface area contributed by atoms with E-state index in [1.54, 1.807) is 42.7 Å². The van der Waals surface area contributed by atoms with Gasteiger partial charge in [0.2, 0.25) is 0 Å². The molecule has 2 aliphatic heterocycles. The lowest BCUT2D eigenvalue weighted by molar-refractivity contribution is 0.228. The van der Waals surface area contributed by atoms with Gasteiger partial charge in [0.1, 0.15) is 11.5 Å². The van der Waals surface area contributed by atoms with Crippen LogP contribution in [0.15, 0.2) is 60.7 Å². The molecule has 0 unspecified atom stereocenters. The summed E-state index contributed by atoms with van der Waals surface area (Å²) in [5.41, 5.74) is 9.66. The zero-order valence-electron chi connectivity index (χ0n) is 29.5. The highest BCUT2D eigenvalue weighted by Crippen LogP contribution is 2.43. The summed E-state index contributed by atoms with van der Waals surface area (Å²) in [6.07, 6.45) is 3.63. The van der Waals surface area contributed by atoms with E-state index in [4.69, 9.17) is 28.4 Å². The molecule has 2 aliphatic rings. The van der Waals surface area contributed by atoms with Crippen molar-refractivity contribution in [2.45, 2.75) is 37.8 Å². The van der Waals surface area contributed by atoms with Gasteiger partial charge < -0.3 is 28.4 Å². The summed E-state index contributed by atoms with van der Waals surface area (Å²) in [4.78, 5) is 4.87. The van der Waals surface area contributed by atoms with Gasteiger partial charge in [-0.3, -0.25) is 9.80 Å². The molecule has 0 saturated heterocycles. The number of likely N-dealkylation sites (N-methyl/N-ethyl adjacent to an activating group) is 2. The fraction of sp³-hybridized carbons (Fsp3) is 0.400. The molecule has 4 aromatic rings. The van der Waals surface area contributed by atoms with Crippen molar-refractivity contribution in [1.29, 1.82) is 0 Å². The lowest BCUT2D eigenvalue weighted by atomic mass is 9.87. The van der Waals surface area contributed by atoms with Crippen LogP contribution in [-0.2, 0) is 25.7 Å². The molecule has 0 fully saturated rings. The summed E-state index contributed by atoms with van der Waals surface area (Å²) in [5, 5.41) is 0. The van der Waals surface area contributed by atoms with Gasteiger partial charge in [0.15, 0.2) is 23.0 Å². The maximum absolute atomic E-state index is 5.95. The van der Waals surface area contributed by atoms with Gasteiger partial charge in [0, 0.05) is 36.3 Å². The van der Waals surface area contributed by atoms with Gasteiger partial charge in [0.05, 0.1) is 42.7 Å². The van der Waals surface area contributed by atoms with Crippen molar-refractivity contribution in [3.8, 4) is 45.6 Å². The summed E-state index contributed by atoms with van der Waals surface area (Å²) < 4.78 is 34.5. The van der Waals surface area contributed by atoms with Crippen LogP contribution in [0.2, 0.25) is 0 Å². The predicted octanol–water partition coefficient (Wildman–Crippen LogP) is 6.95. The second kappa shape index (κ2) is 14.4. The first-order valence-corrected chi connectivity index (χ1v) is 16.6. The van der Waals surface area contributed by atoms with Crippen molar-refractivity contribution in [2.75, 3.05) is 69.8 Å². The number of fused-ring (bicyclic) bond motifs is 2. The van der Waals surface area contributed by atoms with Crippen LogP contribution < -0.4 is 28.4 Å². The van der Waals surface area contributed by atoms with E-state index in [0.717, 1.165) is 84.4 Å². The van der Waals surface area contributed by atoms with Crippen LogP contribution in [0.1, 0.15) is 45.5 Å². The Morgan fingerprint density at radius 1 is 0.479 bits per heavy atom. The smallest absolute Gasteiger partial charge is 0.161 e. The Labute approximate surface area is 285 Å². The van der Waals surface area contributed by atoms with Crippen molar-refractivity contribution in [2.24, 2.45) is 0 Å². The number of ether oxygens (including phenoxy) is 6. The number of methoxy groups -OCH3 is 6. The molecular formula is C40H48N2O6. The van der Waals surface area contributed by atoms with Crippen LogP contribution in [0.3, 0.4) is 0 Å². The maximum atomic E-state index is 5.95. The Kier molecular flexibility index (Phi) is 10.0. The van der Waals surface area contributed by atoms with Gasteiger partial charge in [-0.25, -0.2) is 0 Å². The van der Waals surface area contributed by atoms with Crippen molar-refractivity contribution >= 4 is 0 Å². The molecule has 0 aromatic heterocycles. The molecule has 4 aromatic carbocycles. The fourth-order valence-corrected chi connectivity index (χ4v) is 7.47. The summed E-state index contributed by atoms with van der Waals surface area (Å²) in [5.74, 6) is 4.71. The van der Waals surface area contributed by atoms with E-state index in [0.29, 0.717) is 0 Å². The van der Waals surface area contributed by atoms with Crippen LogP contribution in [0.5, 0.6) is 34.5 Å². The van der Waals surface area contributed by atoms with E-state index >= 15 is 0 Å². The third-order valence-electron chi connectivity index (χ3n) is 10.2. The van der Waals surface area contributed by atoms with Gasteiger partial charge in [-0.05, 0) is 122 Å². The SMILES string of the molecule is COc1cc2c(cc1OC)[C@@H](Cc1ccc(OC)c(-c3cc(C[C@@H]4c5cc(OC)c(OC)cc5CCN4C)ccc3OC)c1)N(C)CC2. The second-order valence-electron chi connectivity index (χ2n) is 12.8. The quantitative estimate of drug-likeness (QED) is 0.173. The Balaban J connectivity index is 1.35. The zero-order valence-corrected chi connectivity index (χ0v) is 29.5. The molecule has 8 heteroatoms. The molecule has 0 N–H and O–H groups in total. The summed E-state index contributed by atoms with van der Waals surface area (Å²) >= 11 is 0. The van der Waals surface area contributed by atoms with Gasteiger partial charge in [-0.1, -0.05) is 12.1 Å². The second-order valence-corrected chi connectivity index (χ2v) is 12.8. The number of rotatable bonds is 11. The Hall–Kier alpha value is -4.40. The molecular weight excluding hydrogens is 604 g/mol. The van der Waals surface area contributed by atoms with Crippen LogP contribution in [0, 0.1) is 0 Å². The highest BCUT2D eigenvalue weighted by molar-refractivity contribution is 5.77. The molecule has 8 nitrogen and oxygen atoms in total. The molecule has 2 atom stereocenters. The van der Waals surface area contributed by atoms with Crippen LogP contribution in [-0.4, -0.2) is 79.6 Å². The summed E-state index contributed by atoms with van der Waals surface area (Å²) in [6, 6.07) is 22.0. The maximum Gasteiger partial charge on any atom is 0.161 e. The van der Waals surface area contributed by atoms with E-state index in [-0.39, 0.29) is 12.1 Å². The molecule has 0 aliphatic carbocycles. The Bertz CT molecular complexity index is 1640. The largest absolute Gasteiger partial charge is 0.496 e. The molecule has 48 heavy (non-hydrogen) atoms. The summed E-state index contributed by atoms with van der Waals surface area (Å²) in [7, 11) is 14.6. The highest BCUT2D eigenvalue weighted by atomic mass is 16.5. The minimum Gasteiger partial charge on any atom is -0.496 e. The first-order chi connectivity index (χ1) is 23.3. The van der Waals surface area contributed by atoms with Gasteiger partial charge in [-0.15, -0.1) is 0 Å².